The number of nitro groups is 1. The highest BCUT2D eigenvalue weighted by atomic mass is 79.9. The molecule has 11 nitrogen and oxygen atoms in total. The van der Waals surface area contributed by atoms with E-state index in [-0.39, 0.29) is 49.6 Å². The van der Waals surface area contributed by atoms with Crippen LogP contribution in [0.2, 0.25) is 0 Å². The van der Waals surface area contributed by atoms with E-state index in [0.717, 1.165) is 0 Å². The van der Waals surface area contributed by atoms with Crippen LogP contribution in [0.15, 0.2) is 72.8 Å². The number of Topliss-reactive ketones (excluding diaryl/α,β-unsaturated/α-hetero) is 1. The lowest BCUT2D eigenvalue weighted by Gasteiger charge is -2.29. The molecule has 0 radical (unpaired) electrons. The van der Waals surface area contributed by atoms with Crippen LogP contribution in [0.5, 0.6) is 5.75 Å². The third-order valence-corrected chi connectivity index (χ3v) is 10.0. The molecule has 1 heterocycles. The first-order chi connectivity index (χ1) is 20.5. The molecule has 4 atom stereocenters. The summed E-state index contributed by atoms with van der Waals surface area (Å²) < 4.78 is 10.4. The quantitative estimate of drug-likeness (QED) is 0.0578. The maximum atomic E-state index is 13.0. The Morgan fingerprint density at radius 1 is 0.767 bits per heavy atom. The zero-order valence-corrected chi connectivity index (χ0v) is 25.4. The number of benzene rings is 3. The third-order valence-electron chi connectivity index (χ3n) is 7.31. The van der Waals surface area contributed by atoms with Crippen LogP contribution in [0.4, 0.5) is 11.4 Å². The van der Waals surface area contributed by atoms with Crippen LogP contribution >= 0.6 is 31.9 Å². The van der Waals surface area contributed by atoms with Gasteiger partial charge in [0.1, 0.15) is 5.75 Å². The highest BCUT2D eigenvalue weighted by Crippen LogP contribution is 2.44. The van der Waals surface area contributed by atoms with Crippen molar-refractivity contribution in [3.8, 4) is 5.75 Å². The molecule has 3 aromatic rings. The minimum atomic E-state index is -0.759. The van der Waals surface area contributed by atoms with Gasteiger partial charge < -0.3 is 9.47 Å². The minimum absolute atomic E-state index is 0.0928. The number of non-ortho nitro benzene ring substituents is 1. The van der Waals surface area contributed by atoms with Gasteiger partial charge in [-0.25, -0.2) is 9.59 Å². The van der Waals surface area contributed by atoms with Crippen LogP contribution in [-0.2, 0) is 14.3 Å². The molecule has 2 fully saturated rings. The first kappa shape index (κ1) is 30.2. The van der Waals surface area contributed by atoms with Gasteiger partial charge in [0.25, 0.3) is 5.69 Å². The molecular weight excluding hydrogens is 692 g/mol. The van der Waals surface area contributed by atoms with Crippen molar-refractivity contribution in [2.75, 3.05) is 11.5 Å². The fourth-order valence-corrected chi connectivity index (χ4v) is 6.23. The lowest BCUT2D eigenvalue weighted by Crippen LogP contribution is -2.34. The van der Waals surface area contributed by atoms with Crippen molar-refractivity contribution in [3.05, 3.63) is 99.6 Å². The first-order valence-corrected chi connectivity index (χ1v) is 14.9. The molecule has 1 saturated heterocycles. The van der Waals surface area contributed by atoms with Gasteiger partial charge in [-0.2, -0.15) is 0 Å². The Kier molecular flexibility index (Phi) is 8.83. The number of nitro benzene ring substituents is 1. The Morgan fingerprint density at radius 2 is 1.26 bits per heavy atom. The second kappa shape index (κ2) is 12.6. The number of carbonyl (C=O) groups is 5. The Hall–Kier alpha value is -4.23. The summed E-state index contributed by atoms with van der Waals surface area (Å²) in [6.45, 7) is -0.545. The minimum Gasteiger partial charge on any atom is -0.454 e. The average Bonchev–Trinajstić information content (AvgIpc) is 3.24. The number of anilines is 1. The van der Waals surface area contributed by atoms with Crippen LogP contribution in [0.25, 0.3) is 0 Å². The molecule has 5 rings (SSSR count). The van der Waals surface area contributed by atoms with Crippen LogP contribution in [0, 0.1) is 22.0 Å². The molecule has 43 heavy (non-hydrogen) atoms. The number of amides is 2. The summed E-state index contributed by atoms with van der Waals surface area (Å²) in [6, 6.07) is 16.4. The average molecular weight is 714 g/mol. The van der Waals surface area contributed by atoms with Gasteiger partial charge in [-0.15, -0.1) is 0 Å². The molecule has 1 aliphatic heterocycles. The highest BCUT2D eigenvalue weighted by Gasteiger charge is 2.52. The van der Waals surface area contributed by atoms with E-state index in [2.05, 4.69) is 31.9 Å². The van der Waals surface area contributed by atoms with Gasteiger partial charge in [-0.05, 0) is 73.5 Å². The summed E-state index contributed by atoms with van der Waals surface area (Å²) in [6.07, 6.45) is 1.10. The normalized spacial score (nSPS) is 21.2. The summed E-state index contributed by atoms with van der Waals surface area (Å²) >= 11 is 7.13. The summed E-state index contributed by atoms with van der Waals surface area (Å²) in [7, 11) is 0. The van der Waals surface area contributed by atoms with Crippen molar-refractivity contribution in [2.45, 2.75) is 22.5 Å². The molecule has 0 spiro atoms. The maximum Gasteiger partial charge on any atom is 0.343 e. The summed E-state index contributed by atoms with van der Waals surface area (Å²) in [5.74, 6) is -3.14. The Labute approximate surface area is 261 Å². The number of nitrogens with zero attached hydrogens (tertiary/aromatic N) is 2. The van der Waals surface area contributed by atoms with Crippen molar-refractivity contribution < 1.29 is 38.4 Å². The number of imide groups is 1. The molecule has 0 N–H and O–H groups in total. The number of ketones is 1. The second-order valence-corrected chi connectivity index (χ2v) is 12.3. The highest BCUT2D eigenvalue weighted by molar-refractivity contribution is 9.12. The lowest BCUT2D eigenvalue weighted by molar-refractivity contribution is -0.384. The van der Waals surface area contributed by atoms with E-state index >= 15 is 0 Å². The SMILES string of the molecule is O=C(COC(=O)c1ccc(N2C(=O)C3CC(Br)C(Br)CC3C2=O)cc1)c1ccc(OC(=O)c2ccc([N+](=O)[O-])cc2)cc1. The van der Waals surface area contributed by atoms with Crippen molar-refractivity contribution >= 4 is 72.8 Å². The van der Waals surface area contributed by atoms with E-state index in [0.29, 0.717) is 18.5 Å². The number of hydrogen-bond acceptors (Lipinski definition) is 9. The molecule has 0 aromatic heterocycles. The van der Waals surface area contributed by atoms with E-state index < -0.39 is 41.1 Å². The van der Waals surface area contributed by atoms with E-state index in [1.165, 1.54) is 77.7 Å². The smallest absolute Gasteiger partial charge is 0.343 e. The molecule has 1 saturated carbocycles. The van der Waals surface area contributed by atoms with E-state index in [9.17, 15) is 34.1 Å². The molecule has 2 amide bonds. The fourth-order valence-electron chi connectivity index (χ4n) is 4.99. The number of carbonyl (C=O) groups excluding carboxylic acids is 5. The molecule has 3 aromatic carbocycles. The van der Waals surface area contributed by atoms with Gasteiger partial charge in [0.05, 0.1) is 33.6 Å². The number of alkyl halides is 2. The lowest BCUT2D eigenvalue weighted by atomic mass is 9.81. The van der Waals surface area contributed by atoms with Crippen molar-refractivity contribution in [1.82, 2.24) is 0 Å². The number of hydrogen-bond donors (Lipinski definition) is 0. The molecule has 1 aliphatic carbocycles. The molecule has 4 unspecified atom stereocenters. The van der Waals surface area contributed by atoms with Gasteiger partial charge >= 0.3 is 11.9 Å². The Morgan fingerprint density at radius 3 is 1.79 bits per heavy atom. The Balaban J connectivity index is 1.14. The molecular formula is C30H22Br2N2O9. The number of fused-ring (bicyclic) bond motifs is 1. The summed E-state index contributed by atoms with van der Waals surface area (Å²) in [4.78, 5) is 74.9. The second-order valence-electron chi connectivity index (χ2n) is 9.99. The van der Waals surface area contributed by atoms with Gasteiger partial charge in [-0.1, -0.05) is 31.9 Å². The van der Waals surface area contributed by atoms with Gasteiger partial charge in [0, 0.05) is 27.4 Å². The van der Waals surface area contributed by atoms with Crippen LogP contribution in [0.3, 0.4) is 0 Å². The van der Waals surface area contributed by atoms with Crippen LogP contribution < -0.4 is 9.64 Å². The zero-order valence-electron chi connectivity index (χ0n) is 22.2. The maximum absolute atomic E-state index is 13.0. The van der Waals surface area contributed by atoms with E-state index in [4.69, 9.17) is 9.47 Å². The molecule has 220 valence electrons. The standard InChI is InChI=1S/C30H22Br2N2O9/c31-24-13-22-23(14-25(24)32)28(37)33(27(22)36)19-7-1-17(2-8-19)29(38)42-15-26(35)16-5-11-21(12-6-16)43-30(39)18-3-9-20(10-4-18)34(40)41/h1-12,22-25H,13-15H2. The predicted molar refractivity (Wildman–Crippen MR) is 160 cm³/mol. The van der Waals surface area contributed by atoms with Crippen LogP contribution in [-0.4, -0.2) is 50.7 Å². The number of rotatable bonds is 8. The Bertz CT molecular complexity index is 1580. The first-order valence-electron chi connectivity index (χ1n) is 13.1. The predicted octanol–water partition coefficient (Wildman–Crippen LogP) is 5.28. The summed E-state index contributed by atoms with van der Waals surface area (Å²) in [5.41, 5.74) is 0.669. The van der Waals surface area contributed by atoms with Gasteiger partial charge in [-0.3, -0.25) is 29.4 Å². The molecule has 13 heteroatoms. The van der Waals surface area contributed by atoms with Gasteiger partial charge in [0.2, 0.25) is 11.8 Å². The number of ether oxygens (including phenoxy) is 2. The third kappa shape index (κ3) is 6.42. The van der Waals surface area contributed by atoms with E-state index in [1.54, 1.807) is 0 Å². The zero-order chi connectivity index (χ0) is 30.8. The molecule has 2 aliphatic rings. The monoisotopic (exact) mass is 712 g/mol. The summed E-state index contributed by atoms with van der Waals surface area (Å²) in [5, 5.41) is 10.8. The van der Waals surface area contributed by atoms with Crippen molar-refractivity contribution in [3.63, 3.8) is 0 Å². The topological polar surface area (TPSA) is 150 Å². The molecule has 0 bridgehead atoms. The van der Waals surface area contributed by atoms with Crippen LogP contribution in [0.1, 0.15) is 43.9 Å². The number of halogens is 2. The van der Waals surface area contributed by atoms with Crippen molar-refractivity contribution in [2.24, 2.45) is 11.8 Å². The number of esters is 2. The van der Waals surface area contributed by atoms with Gasteiger partial charge in [0.15, 0.2) is 12.4 Å². The largest absolute Gasteiger partial charge is 0.454 e. The van der Waals surface area contributed by atoms with E-state index in [1.807, 2.05) is 0 Å². The fraction of sp³-hybridized carbons (Fsp3) is 0.233. The van der Waals surface area contributed by atoms with Crippen molar-refractivity contribution in [1.29, 1.82) is 0 Å².